The second kappa shape index (κ2) is 5.48. The molecule has 0 saturated carbocycles. The normalized spacial score (nSPS) is 18.1. The molecule has 1 aliphatic rings. The minimum Gasteiger partial charge on any atom is -0.372 e. The summed E-state index contributed by atoms with van der Waals surface area (Å²) in [6, 6.07) is 0. The van der Waals surface area contributed by atoms with Crippen LogP contribution in [0.2, 0.25) is 0 Å². The molecule has 0 unspecified atom stereocenters. The van der Waals surface area contributed by atoms with E-state index in [1.54, 1.807) is 6.20 Å². The summed E-state index contributed by atoms with van der Waals surface area (Å²) in [5, 5.41) is 11.2. The summed E-state index contributed by atoms with van der Waals surface area (Å²) in [5.41, 5.74) is 0.596. The summed E-state index contributed by atoms with van der Waals surface area (Å²) >= 11 is 0. The van der Waals surface area contributed by atoms with Gasteiger partial charge in [0.15, 0.2) is 5.65 Å². The van der Waals surface area contributed by atoms with Crippen molar-refractivity contribution in [1.29, 1.82) is 0 Å². The molecule has 0 radical (unpaired) electrons. The van der Waals surface area contributed by atoms with Crippen molar-refractivity contribution in [2.45, 2.75) is 32.8 Å². The molecule has 0 aliphatic carbocycles. The lowest BCUT2D eigenvalue weighted by atomic mass is 10.1. The predicted octanol–water partition coefficient (Wildman–Crippen LogP) is 1.79. The Hall–Kier alpha value is -1.89. The largest absolute Gasteiger partial charge is 0.372 e. The zero-order valence-electron chi connectivity index (χ0n) is 12.8. The molecule has 0 aromatic carbocycles. The van der Waals surface area contributed by atoms with Gasteiger partial charge in [-0.1, -0.05) is 6.92 Å². The molecule has 3 rings (SSSR count). The van der Waals surface area contributed by atoms with Crippen LogP contribution in [0.15, 0.2) is 6.20 Å². The van der Waals surface area contributed by atoms with Crippen molar-refractivity contribution in [2.75, 3.05) is 36.5 Å². The molecular formula is C14H22N6O. The fraction of sp³-hybridized carbons (Fsp3) is 0.643. The number of hydrogen-bond acceptors (Lipinski definition) is 6. The third-order valence-corrected chi connectivity index (χ3v) is 3.55. The van der Waals surface area contributed by atoms with Crippen molar-refractivity contribution in [2.24, 2.45) is 0 Å². The van der Waals surface area contributed by atoms with Gasteiger partial charge in [0, 0.05) is 19.6 Å². The lowest BCUT2D eigenvalue weighted by Crippen LogP contribution is -2.48. The summed E-state index contributed by atoms with van der Waals surface area (Å²) < 4.78 is 5.78. The Balaban J connectivity index is 1.97. The maximum Gasteiger partial charge on any atom is 0.226 e. The SMILES string of the molecule is CCCNc1nc(N2CCOC(C)(C)C2)c2cn[nH]c2n1. The van der Waals surface area contributed by atoms with Gasteiger partial charge < -0.3 is 15.0 Å². The highest BCUT2D eigenvalue weighted by molar-refractivity contribution is 5.87. The van der Waals surface area contributed by atoms with Gasteiger partial charge in [0.2, 0.25) is 5.95 Å². The molecule has 1 aliphatic heterocycles. The summed E-state index contributed by atoms with van der Waals surface area (Å²) in [6.45, 7) is 9.51. The average Bonchev–Trinajstić information content (AvgIpc) is 2.91. The fourth-order valence-corrected chi connectivity index (χ4v) is 2.57. The average molecular weight is 290 g/mol. The van der Waals surface area contributed by atoms with Crippen molar-refractivity contribution in [1.82, 2.24) is 20.2 Å². The standard InChI is InChI=1S/C14H22N6O/c1-4-5-15-13-17-11-10(8-16-19-11)12(18-13)20-6-7-21-14(2,3)9-20/h8H,4-7,9H2,1-3H3,(H2,15,16,17,18,19). The zero-order chi connectivity index (χ0) is 14.9. The van der Waals surface area contributed by atoms with Gasteiger partial charge in [0.25, 0.3) is 0 Å². The first kappa shape index (κ1) is 14.1. The van der Waals surface area contributed by atoms with Crippen LogP contribution in [0.5, 0.6) is 0 Å². The molecule has 7 nitrogen and oxygen atoms in total. The molecule has 2 aromatic heterocycles. The monoisotopic (exact) mass is 290 g/mol. The van der Waals surface area contributed by atoms with E-state index in [0.717, 1.165) is 42.9 Å². The van der Waals surface area contributed by atoms with Gasteiger partial charge in [0.05, 0.1) is 23.8 Å². The Morgan fingerprint density at radius 3 is 3.05 bits per heavy atom. The number of aromatic nitrogens is 4. The number of hydrogen-bond donors (Lipinski definition) is 2. The molecule has 3 heterocycles. The minimum atomic E-state index is -0.170. The van der Waals surface area contributed by atoms with Crippen LogP contribution in [-0.2, 0) is 4.74 Å². The number of morpholine rings is 1. The van der Waals surface area contributed by atoms with E-state index >= 15 is 0 Å². The maximum atomic E-state index is 5.78. The van der Waals surface area contributed by atoms with E-state index < -0.39 is 0 Å². The Bertz CT molecular complexity index is 623. The molecule has 0 bridgehead atoms. The number of nitrogens with zero attached hydrogens (tertiary/aromatic N) is 4. The minimum absolute atomic E-state index is 0.170. The summed E-state index contributed by atoms with van der Waals surface area (Å²) in [7, 11) is 0. The van der Waals surface area contributed by atoms with E-state index in [9.17, 15) is 0 Å². The van der Waals surface area contributed by atoms with Crippen LogP contribution in [0.1, 0.15) is 27.2 Å². The predicted molar refractivity (Wildman–Crippen MR) is 82.7 cm³/mol. The summed E-state index contributed by atoms with van der Waals surface area (Å²) in [4.78, 5) is 11.4. The quantitative estimate of drug-likeness (QED) is 0.893. The van der Waals surface area contributed by atoms with Crippen molar-refractivity contribution >= 4 is 22.8 Å². The molecule has 21 heavy (non-hydrogen) atoms. The molecule has 0 atom stereocenters. The van der Waals surface area contributed by atoms with Gasteiger partial charge in [-0.3, -0.25) is 5.10 Å². The number of H-pyrrole nitrogens is 1. The number of rotatable bonds is 4. The highest BCUT2D eigenvalue weighted by atomic mass is 16.5. The van der Waals surface area contributed by atoms with E-state index in [0.29, 0.717) is 12.6 Å². The second-order valence-electron chi connectivity index (χ2n) is 5.96. The number of aromatic amines is 1. The topological polar surface area (TPSA) is 79.0 Å². The van der Waals surface area contributed by atoms with E-state index in [2.05, 4.69) is 51.2 Å². The van der Waals surface area contributed by atoms with Crippen LogP contribution in [0.3, 0.4) is 0 Å². The third kappa shape index (κ3) is 2.92. The lowest BCUT2D eigenvalue weighted by molar-refractivity contribution is -0.0278. The van der Waals surface area contributed by atoms with Gasteiger partial charge in [-0.05, 0) is 20.3 Å². The Kier molecular flexibility index (Phi) is 3.67. The van der Waals surface area contributed by atoms with Crippen LogP contribution in [0.25, 0.3) is 11.0 Å². The van der Waals surface area contributed by atoms with Crippen LogP contribution >= 0.6 is 0 Å². The third-order valence-electron chi connectivity index (χ3n) is 3.55. The zero-order valence-corrected chi connectivity index (χ0v) is 12.8. The molecule has 114 valence electrons. The van der Waals surface area contributed by atoms with Gasteiger partial charge in [-0.15, -0.1) is 0 Å². The Morgan fingerprint density at radius 2 is 2.29 bits per heavy atom. The van der Waals surface area contributed by atoms with E-state index in [1.165, 1.54) is 0 Å². The van der Waals surface area contributed by atoms with Crippen molar-refractivity contribution in [3.8, 4) is 0 Å². The molecular weight excluding hydrogens is 268 g/mol. The molecule has 7 heteroatoms. The second-order valence-corrected chi connectivity index (χ2v) is 5.96. The summed E-state index contributed by atoms with van der Waals surface area (Å²) in [6.07, 6.45) is 2.82. The smallest absolute Gasteiger partial charge is 0.226 e. The van der Waals surface area contributed by atoms with Gasteiger partial charge in [-0.2, -0.15) is 15.1 Å². The van der Waals surface area contributed by atoms with Gasteiger partial charge in [0.1, 0.15) is 5.82 Å². The van der Waals surface area contributed by atoms with Crippen molar-refractivity contribution in [3.05, 3.63) is 6.20 Å². The maximum absolute atomic E-state index is 5.78. The lowest BCUT2D eigenvalue weighted by Gasteiger charge is -2.39. The van der Waals surface area contributed by atoms with Crippen molar-refractivity contribution in [3.63, 3.8) is 0 Å². The fourth-order valence-electron chi connectivity index (χ4n) is 2.57. The molecule has 2 aromatic rings. The number of nitrogens with one attached hydrogen (secondary N) is 2. The van der Waals surface area contributed by atoms with Crippen LogP contribution < -0.4 is 10.2 Å². The van der Waals surface area contributed by atoms with Crippen molar-refractivity contribution < 1.29 is 4.74 Å². The number of fused-ring (bicyclic) bond motifs is 1. The Morgan fingerprint density at radius 1 is 1.43 bits per heavy atom. The number of ether oxygens (including phenoxy) is 1. The Labute approximate surface area is 124 Å². The van der Waals surface area contributed by atoms with Gasteiger partial charge >= 0.3 is 0 Å². The first-order chi connectivity index (χ1) is 10.1. The van der Waals surface area contributed by atoms with Crippen LogP contribution in [-0.4, -0.2) is 52.0 Å². The first-order valence-electron chi connectivity index (χ1n) is 7.43. The van der Waals surface area contributed by atoms with E-state index in [4.69, 9.17) is 4.74 Å². The molecule has 2 N–H and O–H groups in total. The van der Waals surface area contributed by atoms with E-state index in [1.807, 2.05) is 0 Å². The highest BCUT2D eigenvalue weighted by Gasteiger charge is 2.29. The molecule has 0 spiro atoms. The first-order valence-corrected chi connectivity index (χ1v) is 7.43. The summed E-state index contributed by atoms with van der Waals surface area (Å²) in [5.74, 6) is 1.57. The number of anilines is 2. The van der Waals surface area contributed by atoms with Crippen LogP contribution in [0, 0.1) is 0 Å². The molecule has 1 fully saturated rings. The molecule has 1 saturated heterocycles. The van der Waals surface area contributed by atoms with Crippen LogP contribution in [0.4, 0.5) is 11.8 Å². The molecule has 0 amide bonds. The van der Waals surface area contributed by atoms with E-state index in [-0.39, 0.29) is 5.60 Å². The highest BCUT2D eigenvalue weighted by Crippen LogP contribution is 2.28. The van der Waals surface area contributed by atoms with Gasteiger partial charge in [-0.25, -0.2) is 0 Å².